The monoisotopic (exact) mass is 280 g/mol. The molecule has 1 atom stereocenters. The summed E-state index contributed by atoms with van der Waals surface area (Å²) in [6, 6.07) is 0. The second-order valence-electron chi connectivity index (χ2n) is 6.28. The second-order valence-corrected chi connectivity index (χ2v) is 6.28. The molecular formula is C18H32O2. The molecule has 0 N–H and O–H groups in total. The van der Waals surface area contributed by atoms with E-state index in [9.17, 15) is 4.79 Å². The van der Waals surface area contributed by atoms with E-state index in [1.807, 2.05) is 0 Å². The fraction of sp³-hybridized carbons (Fsp3) is 0.833. The van der Waals surface area contributed by atoms with Crippen molar-refractivity contribution in [3.63, 3.8) is 0 Å². The molecule has 0 aromatic heterocycles. The summed E-state index contributed by atoms with van der Waals surface area (Å²) in [7, 11) is 0. The maximum absolute atomic E-state index is 11.2. The molecule has 0 aromatic rings. The molecule has 1 rings (SSSR count). The fourth-order valence-corrected chi connectivity index (χ4v) is 2.93. The van der Waals surface area contributed by atoms with Crippen LogP contribution in [0.1, 0.15) is 90.9 Å². The van der Waals surface area contributed by atoms with Crippen molar-refractivity contribution in [1.82, 2.24) is 0 Å². The highest BCUT2D eigenvalue weighted by Gasteiger charge is 2.07. The molecule has 0 bridgehead atoms. The summed E-state index contributed by atoms with van der Waals surface area (Å²) in [6.45, 7) is 3.74. The highest BCUT2D eigenvalue weighted by molar-refractivity contribution is 5.67. The molecule has 0 amide bonds. The fourth-order valence-electron chi connectivity index (χ4n) is 2.93. The molecule has 0 saturated heterocycles. The Morgan fingerprint density at radius 2 is 1.45 bits per heavy atom. The van der Waals surface area contributed by atoms with Crippen LogP contribution in [0.15, 0.2) is 11.8 Å². The van der Waals surface area contributed by atoms with Crippen LogP contribution in [-0.2, 0) is 9.53 Å². The number of carbonyl (C=O) groups excluding carboxylic acids is 1. The minimum Gasteiger partial charge on any atom is -0.432 e. The zero-order valence-electron chi connectivity index (χ0n) is 13.5. The average molecular weight is 280 g/mol. The van der Waals surface area contributed by atoms with Crippen LogP contribution < -0.4 is 0 Å². The Bertz CT molecular complexity index is 294. The van der Waals surface area contributed by atoms with E-state index >= 15 is 0 Å². The van der Waals surface area contributed by atoms with Crippen LogP contribution in [0.25, 0.3) is 0 Å². The summed E-state index contributed by atoms with van der Waals surface area (Å²) in [5.41, 5.74) is 0. The van der Waals surface area contributed by atoms with Gasteiger partial charge in [0, 0.05) is 13.3 Å². The number of esters is 1. The maximum Gasteiger partial charge on any atom is 0.307 e. The van der Waals surface area contributed by atoms with Crippen LogP contribution >= 0.6 is 0 Å². The van der Waals surface area contributed by atoms with Crippen molar-refractivity contribution in [2.24, 2.45) is 5.92 Å². The topological polar surface area (TPSA) is 26.3 Å². The van der Waals surface area contributed by atoms with Gasteiger partial charge in [0.2, 0.25) is 0 Å². The lowest BCUT2D eigenvalue weighted by molar-refractivity contribution is -0.137. The van der Waals surface area contributed by atoms with E-state index in [0.29, 0.717) is 5.92 Å². The SMILES string of the molecule is CC(=O)OC1=CC(C)CCCCCCCCCCCC1. The molecule has 0 fully saturated rings. The zero-order valence-corrected chi connectivity index (χ0v) is 13.5. The number of hydrogen-bond donors (Lipinski definition) is 0. The minimum absolute atomic E-state index is 0.179. The first-order valence-electron chi connectivity index (χ1n) is 8.57. The van der Waals surface area contributed by atoms with Gasteiger partial charge in [0.1, 0.15) is 5.76 Å². The maximum atomic E-state index is 11.2. The number of carbonyl (C=O) groups is 1. The third-order valence-corrected chi connectivity index (χ3v) is 4.08. The molecule has 1 aliphatic carbocycles. The van der Waals surface area contributed by atoms with Crippen LogP contribution in [0.4, 0.5) is 0 Å². The molecule has 0 aliphatic heterocycles. The van der Waals surface area contributed by atoms with Crippen molar-refractivity contribution in [3.05, 3.63) is 11.8 Å². The Kier molecular flexibility index (Phi) is 9.44. The van der Waals surface area contributed by atoms with Crippen molar-refractivity contribution < 1.29 is 9.53 Å². The third kappa shape index (κ3) is 9.17. The summed E-state index contributed by atoms with van der Waals surface area (Å²) in [5, 5.41) is 0. The van der Waals surface area contributed by atoms with Crippen molar-refractivity contribution in [3.8, 4) is 0 Å². The van der Waals surface area contributed by atoms with E-state index in [0.717, 1.165) is 18.6 Å². The van der Waals surface area contributed by atoms with Crippen molar-refractivity contribution in [2.45, 2.75) is 90.9 Å². The van der Waals surface area contributed by atoms with Crippen molar-refractivity contribution in [2.75, 3.05) is 0 Å². The Hall–Kier alpha value is -0.790. The smallest absolute Gasteiger partial charge is 0.307 e. The van der Waals surface area contributed by atoms with Crippen LogP contribution in [-0.4, -0.2) is 5.97 Å². The van der Waals surface area contributed by atoms with Crippen LogP contribution in [0, 0.1) is 5.92 Å². The zero-order chi connectivity index (χ0) is 14.6. The molecule has 2 nitrogen and oxygen atoms in total. The normalized spacial score (nSPS) is 24.1. The number of ether oxygens (including phenoxy) is 1. The number of rotatable bonds is 1. The van der Waals surface area contributed by atoms with Crippen LogP contribution in [0.5, 0.6) is 0 Å². The Morgan fingerprint density at radius 1 is 0.950 bits per heavy atom. The molecule has 20 heavy (non-hydrogen) atoms. The lowest BCUT2D eigenvalue weighted by atomic mass is 10.0. The highest BCUT2D eigenvalue weighted by Crippen LogP contribution is 2.20. The molecule has 0 spiro atoms. The first-order chi connectivity index (χ1) is 9.68. The van der Waals surface area contributed by atoms with Gasteiger partial charge in [-0.1, -0.05) is 64.7 Å². The molecule has 0 heterocycles. The van der Waals surface area contributed by atoms with E-state index in [2.05, 4.69) is 13.0 Å². The minimum atomic E-state index is -0.179. The molecule has 116 valence electrons. The van der Waals surface area contributed by atoms with Crippen LogP contribution in [0.3, 0.4) is 0 Å². The van der Waals surface area contributed by atoms with E-state index in [1.54, 1.807) is 0 Å². The van der Waals surface area contributed by atoms with Gasteiger partial charge in [-0.25, -0.2) is 0 Å². The van der Waals surface area contributed by atoms with Gasteiger partial charge in [-0.2, -0.15) is 0 Å². The van der Waals surface area contributed by atoms with Gasteiger partial charge in [-0.05, 0) is 24.8 Å². The molecule has 0 radical (unpaired) electrons. The van der Waals surface area contributed by atoms with Crippen molar-refractivity contribution >= 4 is 5.97 Å². The van der Waals surface area contributed by atoms with Gasteiger partial charge in [0.25, 0.3) is 0 Å². The quantitative estimate of drug-likeness (QED) is 0.570. The van der Waals surface area contributed by atoms with Gasteiger partial charge in [-0.15, -0.1) is 0 Å². The van der Waals surface area contributed by atoms with Gasteiger partial charge in [-0.3, -0.25) is 4.79 Å². The standard InChI is InChI=1S/C18H32O2/c1-16-13-11-9-7-5-3-4-6-8-10-12-14-18(15-16)20-17(2)19/h15-16H,3-14H2,1-2H3. The molecule has 0 aromatic carbocycles. The van der Waals surface area contributed by atoms with E-state index in [-0.39, 0.29) is 5.97 Å². The van der Waals surface area contributed by atoms with Gasteiger partial charge in [0.15, 0.2) is 0 Å². The summed E-state index contributed by atoms with van der Waals surface area (Å²) in [4.78, 5) is 11.2. The average Bonchev–Trinajstić information content (AvgIpc) is 2.39. The highest BCUT2D eigenvalue weighted by atomic mass is 16.5. The van der Waals surface area contributed by atoms with Gasteiger partial charge < -0.3 is 4.74 Å². The summed E-state index contributed by atoms with van der Waals surface area (Å²) in [6.07, 6.45) is 17.6. The number of hydrogen-bond acceptors (Lipinski definition) is 2. The van der Waals surface area contributed by atoms with E-state index in [1.165, 1.54) is 71.1 Å². The van der Waals surface area contributed by atoms with E-state index in [4.69, 9.17) is 4.74 Å². The summed E-state index contributed by atoms with van der Waals surface area (Å²) < 4.78 is 5.37. The summed E-state index contributed by atoms with van der Waals surface area (Å²) in [5.74, 6) is 1.25. The first kappa shape index (κ1) is 17.3. The summed E-state index contributed by atoms with van der Waals surface area (Å²) >= 11 is 0. The Morgan fingerprint density at radius 3 is 2.00 bits per heavy atom. The Balaban J connectivity index is 2.49. The molecular weight excluding hydrogens is 248 g/mol. The molecule has 2 heteroatoms. The van der Waals surface area contributed by atoms with Crippen LogP contribution in [0.2, 0.25) is 0 Å². The molecule has 0 saturated carbocycles. The van der Waals surface area contributed by atoms with Crippen molar-refractivity contribution in [1.29, 1.82) is 0 Å². The lowest BCUT2D eigenvalue weighted by Crippen LogP contribution is -2.02. The first-order valence-corrected chi connectivity index (χ1v) is 8.57. The predicted octanol–water partition coefficient (Wildman–Crippen LogP) is 5.76. The van der Waals surface area contributed by atoms with Gasteiger partial charge >= 0.3 is 5.97 Å². The van der Waals surface area contributed by atoms with E-state index < -0.39 is 0 Å². The molecule has 1 aliphatic rings. The number of allylic oxidation sites excluding steroid dienone is 2. The lowest BCUT2D eigenvalue weighted by Gasteiger charge is -2.11. The third-order valence-electron chi connectivity index (χ3n) is 4.08. The molecule has 1 unspecified atom stereocenters. The second kappa shape index (κ2) is 10.9. The Labute approximate surface area is 125 Å². The predicted molar refractivity (Wildman–Crippen MR) is 84.4 cm³/mol. The van der Waals surface area contributed by atoms with Gasteiger partial charge in [0.05, 0.1) is 0 Å². The largest absolute Gasteiger partial charge is 0.432 e.